The van der Waals surface area contributed by atoms with Crippen LogP contribution in [0.1, 0.15) is 27.9 Å². The third-order valence-corrected chi connectivity index (χ3v) is 3.68. The molecule has 0 saturated carbocycles. The SMILES string of the molecule is Cc1ccccc1C(=O)O[C@@H]1O[C@@H]1CCc1ccccc1. The van der Waals surface area contributed by atoms with Crippen LogP contribution in [0.15, 0.2) is 54.6 Å². The molecule has 21 heavy (non-hydrogen) atoms. The van der Waals surface area contributed by atoms with Crippen LogP contribution in [0.3, 0.4) is 0 Å². The molecule has 0 unspecified atom stereocenters. The van der Waals surface area contributed by atoms with E-state index < -0.39 is 0 Å². The fourth-order valence-electron chi connectivity index (χ4n) is 2.36. The molecule has 0 aliphatic carbocycles. The molecule has 1 saturated heterocycles. The van der Waals surface area contributed by atoms with E-state index in [0.717, 1.165) is 18.4 Å². The Bertz CT molecular complexity index is 621. The van der Waals surface area contributed by atoms with E-state index in [9.17, 15) is 4.79 Å². The highest BCUT2D eigenvalue weighted by Gasteiger charge is 2.42. The molecule has 0 spiro atoms. The zero-order chi connectivity index (χ0) is 14.7. The van der Waals surface area contributed by atoms with E-state index in [2.05, 4.69) is 12.1 Å². The number of carbonyl (C=O) groups excluding carboxylic acids is 1. The number of ether oxygens (including phenoxy) is 2. The van der Waals surface area contributed by atoms with E-state index >= 15 is 0 Å². The number of hydrogen-bond acceptors (Lipinski definition) is 3. The molecule has 3 nitrogen and oxygen atoms in total. The molecule has 1 fully saturated rings. The van der Waals surface area contributed by atoms with Crippen molar-refractivity contribution in [3.63, 3.8) is 0 Å². The van der Waals surface area contributed by atoms with Crippen molar-refractivity contribution in [3.05, 3.63) is 71.3 Å². The maximum absolute atomic E-state index is 12.0. The lowest BCUT2D eigenvalue weighted by Crippen LogP contribution is -2.11. The molecule has 2 atom stereocenters. The molecule has 0 aromatic heterocycles. The van der Waals surface area contributed by atoms with E-state index in [1.807, 2.05) is 43.3 Å². The van der Waals surface area contributed by atoms with E-state index in [-0.39, 0.29) is 18.4 Å². The molecule has 3 rings (SSSR count). The van der Waals surface area contributed by atoms with Crippen molar-refractivity contribution in [1.29, 1.82) is 0 Å². The predicted molar refractivity (Wildman–Crippen MR) is 80.0 cm³/mol. The molecule has 0 bridgehead atoms. The summed E-state index contributed by atoms with van der Waals surface area (Å²) in [5, 5.41) is 0. The number of carbonyl (C=O) groups is 1. The number of rotatable bonds is 5. The van der Waals surface area contributed by atoms with Crippen LogP contribution in [0.2, 0.25) is 0 Å². The zero-order valence-corrected chi connectivity index (χ0v) is 12.0. The van der Waals surface area contributed by atoms with Gasteiger partial charge in [-0.1, -0.05) is 48.5 Å². The smallest absolute Gasteiger partial charge is 0.340 e. The van der Waals surface area contributed by atoms with Crippen LogP contribution in [0, 0.1) is 6.92 Å². The average Bonchev–Trinajstić information content (AvgIpc) is 3.24. The normalized spacial score (nSPS) is 20.0. The summed E-state index contributed by atoms with van der Waals surface area (Å²) in [5.74, 6) is -0.305. The van der Waals surface area contributed by atoms with Gasteiger partial charge in [0.15, 0.2) is 0 Å². The summed E-state index contributed by atoms with van der Waals surface area (Å²) in [7, 11) is 0. The van der Waals surface area contributed by atoms with Gasteiger partial charge in [0.05, 0.1) is 5.56 Å². The summed E-state index contributed by atoms with van der Waals surface area (Å²) >= 11 is 0. The van der Waals surface area contributed by atoms with Crippen LogP contribution in [-0.2, 0) is 15.9 Å². The first kappa shape index (κ1) is 13.8. The van der Waals surface area contributed by atoms with Crippen molar-refractivity contribution in [3.8, 4) is 0 Å². The number of esters is 1. The molecule has 0 amide bonds. The molecule has 2 aromatic rings. The van der Waals surface area contributed by atoms with Crippen molar-refractivity contribution in [1.82, 2.24) is 0 Å². The highest BCUT2D eigenvalue weighted by atomic mass is 16.8. The van der Waals surface area contributed by atoms with Gasteiger partial charge in [0.2, 0.25) is 6.29 Å². The lowest BCUT2D eigenvalue weighted by molar-refractivity contribution is 0.0296. The summed E-state index contributed by atoms with van der Waals surface area (Å²) in [6.07, 6.45) is 1.44. The monoisotopic (exact) mass is 282 g/mol. The maximum Gasteiger partial charge on any atom is 0.340 e. The molecule has 3 heteroatoms. The van der Waals surface area contributed by atoms with Gasteiger partial charge in [-0.15, -0.1) is 0 Å². The van der Waals surface area contributed by atoms with Crippen molar-refractivity contribution in [2.75, 3.05) is 0 Å². The number of benzene rings is 2. The Balaban J connectivity index is 1.48. The van der Waals surface area contributed by atoms with Crippen LogP contribution in [0.25, 0.3) is 0 Å². The third-order valence-electron chi connectivity index (χ3n) is 3.68. The molecule has 1 aliphatic rings. The highest BCUT2D eigenvalue weighted by Crippen LogP contribution is 2.29. The Kier molecular flexibility index (Phi) is 4.02. The maximum atomic E-state index is 12.0. The summed E-state index contributed by atoms with van der Waals surface area (Å²) in [5.41, 5.74) is 2.80. The minimum atomic E-state index is -0.388. The second-order valence-corrected chi connectivity index (χ2v) is 5.29. The van der Waals surface area contributed by atoms with E-state index in [0.29, 0.717) is 5.56 Å². The Morgan fingerprint density at radius 1 is 1.10 bits per heavy atom. The molecular formula is C18H18O3. The lowest BCUT2D eigenvalue weighted by atomic mass is 10.1. The average molecular weight is 282 g/mol. The number of epoxide rings is 1. The van der Waals surface area contributed by atoms with Gasteiger partial charge < -0.3 is 9.47 Å². The van der Waals surface area contributed by atoms with Crippen LogP contribution >= 0.6 is 0 Å². The molecule has 2 aromatic carbocycles. The standard InChI is InChI=1S/C18H18O3/c1-13-7-5-6-10-15(13)17(19)21-18-16(20-18)12-11-14-8-3-2-4-9-14/h2-10,16,18H,11-12H2,1H3/t16-,18+/m1/s1. The van der Waals surface area contributed by atoms with Crippen LogP contribution < -0.4 is 0 Å². The lowest BCUT2D eigenvalue weighted by Gasteiger charge is -2.04. The van der Waals surface area contributed by atoms with Gasteiger partial charge in [0.1, 0.15) is 6.10 Å². The molecule has 0 radical (unpaired) electrons. The highest BCUT2D eigenvalue weighted by molar-refractivity contribution is 5.91. The minimum absolute atomic E-state index is 0.0261. The third kappa shape index (κ3) is 3.50. The molecule has 1 heterocycles. The van der Waals surface area contributed by atoms with Crippen molar-refractivity contribution >= 4 is 5.97 Å². The predicted octanol–water partition coefficient (Wildman–Crippen LogP) is 3.51. The molecule has 108 valence electrons. The van der Waals surface area contributed by atoms with Gasteiger partial charge in [-0.05, 0) is 37.0 Å². The fourth-order valence-corrected chi connectivity index (χ4v) is 2.36. The fraction of sp³-hybridized carbons (Fsp3) is 0.278. The second-order valence-electron chi connectivity index (χ2n) is 5.29. The van der Waals surface area contributed by atoms with Gasteiger partial charge >= 0.3 is 5.97 Å². The summed E-state index contributed by atoms with van der Waals surface area (Å²) in [6, 6.07) is 17.7. The number of hydrogen-bond donors (Lipinski definition) is 0. The first-order valence-electron chi connectivity index (χ1n) is 7.20. The Labute approximate surface area is 124 Å². The van der Waals surface area contributed by atoms with E-state index in [1.165, 1.54) is 5.56 Å². The van der Waals surface area contributed by atoms with Crippen LogP contribution in [-0.4, -0.2) is 18.4 Å². The van der Waals surface area contributed by atoms with Crippen LogP contribution in [0.5, 0.6) is 0 Å². The summed E-state index contributed by atoms with van der Waals surface area (Å²) in [4.78, 5) is 12.0. The summed E-state index contributed by atoms with van der Waals surface area (Å²) < 4.78 is 10.8. The Morgan fingerprint density at radius 2 is 1.81 bits per heavy atom. The minimum Gasteiger partial charge on any atom is -0.429 e. The topological polar surface area (TPSA) is 38.8 Å². The molecular weight excluding hydrogens is 264 g/mol. The second kappa shape index (κ2) is 6.10. The van der Waals surface area contributed by atoms with Crippen molar-refractivity contribution in [2.24, 2.45) is 0 Å². The number of aryl methyl sites for hydroxylation is 2. The van der Waals surface area contributed by atoms with Gasteiger partial charge in [0, 0.05) is 0 Å². The van der Waals surface area contributed by atoms with E-state index in [1.54, 1.807) is 6.07 Å². The van der Waals surface area contributed by atoms with Crippen molar-refractivity contribution < 1.29 is 14.3 Å². The van der Waals surface area contributed by atoms with Gasteiger partial charge in [-0.2, -0.15) is 0 Å². The van der Waals surface area contributed by atoms with Gasteiger partial charge in [-0.3, -0.25) is 0 Å². The first-order chi connectivity index (χ1) is 10.2. The van der Waals surface area contributed by atoms with Gasteiger partial charge in [-0.25, -0.2) is 4.79 Å². The largest absolute Gasteiger partial charge is 0.429 e. The Hall–Kier alpha value is -2.13. The molecule has 0 N–H and O–H groups in total. The quantitative estimate of drug-likeness (QED) is 0.622. The van der Waals surface area contributed by atoms with Crippen LogP contribution in [0.4, 0.5) is 0 Å². The zero-order valence-electron chi connectivity index (χ0n) is 12.0. The van der Waals surface area contributed by atoms with Gasteiger partial charge in [0.25, 0.3) is 0 Å². The van der Waals surface area contributed by atoms with E-state index in [4.69, 9.17) is 9.47 Å². The summed E-state index contributed by atoms with van der Waals surface area (Å²) in [6.45, 7) is 1.90. The molecule has 1 aliphatic heterocycles. The van der Waals surface area contributed by atoms with Crippen molar-refractivity contribution in [2.45, 2.75) is 32.2 Å². The Morgan fingerprint density at radius 3 is 2.57 bits per heavy atom. The first-order valence-corrected chi connectivity index (χ1v) is 7.20.